The highest BCUT2D eigenvalue weighted by atomic mass is 16.5. The predicted molar refractivity (Wildman–Crippen MR) is 179 cm³/mol. The van der Waals surface area contributed by atoms with E-state index >= 15 is 0 Å². The number of rotatable bonds is 16. The molecule has 14 heteroatoms. The van der Waals surface area contributed by atoms with Crippen LogP contribution in [0.15, 0.2) is 66.1 Å². The van der Waals surface area contributed by atoms with Crippen LogP contribution in [0.1, 0.15) is 26.0 Å². The van der Waals surface area contributed by atoms with E-state index in [9.17, 15) is 14.7 Å². The monoisotopic (exact) mass is 646 g/mol. The summed E-state index contributed by atoms with van der Waals surface area (Å²) >= 11 is 0. The Bertz CT molecular complexity index is 1720. The van der Waals surface area contributed by atoms with Gasteiger partial charge in [-0.2, -0.15) is 4.98 Å². The zero-order valence-electron chi connectivity index (χ0n) is 26.8. The second-order valence-corrected chi connectivity index (χ2v) is 11.8. The number of piperazine rings is 1. The van der Waals surface area contributed by atoms with Crippen LogP contribution in [-0.4, -0.2) is 105 Å². The summed E-state index contributed by atoms with van der Waals surface area (Å²) in [5.41, 5.74) is 1.35. The lowest BCUT2D eigenvalue weighted by Crippen LogP contribution is -2.47. The second-order valence-electron chi connectivity index (χ2n) is 11.8. The lowest BCUT2D eigenvalue weighted by atomic mass is 10.1. The molecular formula is C33H42N8O6. The van der Waals surface area contributed by atoms with Crippen molar-refractivity contribution in [2.75, 3.05) is 69.4 Å². The Morgan fingerprint density at radius 2 is 1.79 bits per heavy atom. The smallest absolute Gasteiger partial charge is 0.329 e. The Morgan fingerprint density at radius 1 is 1.04 bits per heavy atom. The van der Waals surface area contributed by atoms with E-state index in [1.807, 2.05) is 12.1 Å². The van der Waals surface area contributed by atoms with Crippen molar-refractivity contribution >= 4 is 34.3 Å². The first-order valence-corrected chi connectivity index (χ1v) is 15.7. The number of benzene rings is 1. The highest BCUT2D eigenvalue weighted by Crippen LogP contribution is 2.24. The van der Waals surface area contributed by atoms with Gasteiger partial charge in [0.1, 0.15) is 17.6 Å². The molecule has 0 spiro atoms. The third kappa shape index (κ3) is 8.60. The highest BCUT2D eigenvalue weighted by molar-refractivity contribution is 5.77. The van der Waals surface area contributed by atoms with Gasteiger partial charge in [-0.05, 0) is 56.7 Å². The van der Waals surface area contributed by atoms with Crippen molar-refractivity contribution in [2.24, 2.45) is 0 Å². The van der Waals surface area contributed by atoms with E-state index in [0.29, 0.717) is 54.7 Å². The van der Waals surface area contributed by atoms with E-state index in [4.69, 9.17) is 19.6 Å². The largest absolute Gasteiger partial charge is 0.480 e. The highest BCUT2D eigenvalue weighted by Gasteiger charge is 2.22. The summed E-state index contributed by atoms with van der Waals surface area (Å²) in [5.74, 6) is -0.187. The second kappa shape index (κ2) is 15.3. The third-order valence-electron chi connectivity index (χ3n) is 7.77. The number of allylic oxidation sites excluding steroid dienone is 1. The molecule has 250 valence electrons. The van der Waals surface area contributed by atoms with E-state index in [1.165, 1.54) is 10.9 Å². The fourth-order valence-electron chi connectivity index (χ4n) is 5.32. The van der Waals surface area contributed by atoms with Crippen LogP contribution in [0.5, 0.6) is 0 Å². The maximum atomic E-state index is 13.3. The Morgan fingerprint density at radius 3 is 2.49 bits per heavy atom. The van der Waals surface area contributed by atoms with Crippen LogP contribution in [0.25, 0.3) is 16.9 Å². The number of fused-ring (bicyclic) bond motifs is 1. The number of carboxylic acids is 1. The van der Waals surface area contributed by atoms with Gasteiger partial charge in [-0.15, -0.1) is 6.58 Å². The first-order chi connectivity index (χ1) is 22.6. The molecule has 0 aliphatic carbocycles. The maximum absolute atomic E-state index is 13.3. The average molecular weight is 647 g/mol. The number of aromatic nitrogens is 5. The van der Waals surface area contributed by atoms with Crippen molar-refractivity contribution in [1.82, 2.24) is 29.2 Å². The Hall–Kier alpha value is -4.63. The van der Waals surface area contributed by atoms with Crippen LogP contribution in [0.2, 0.25) is 0 Å². The van der Waals surface area contributed by atoms with Crippen LogP contribution >= 0.6 is 0 Å². The molecule has 3 aromatic heterocycles. The van der Waals surface area contributed by atoms with Crippen molar-refractivity contribution in [3.63, 3.8) is 0 Å². The molecule has 0 bridgehead atoms. The summed E-state index contributed by atoms with van der Waals surface area (Å²) in [7, 11) is 0. The molecule has 1 aliphatic heterocycles. The summed E-state index contributed by atoms with van der Waals surface area (Å²) in [5, 5.41) is 22.7. The Labute approximate surface area is 272 Å². The average Bonchev–Trinajstić information content (AvgIpc) is 3.33. The van der Waals surface area contributed by atoms with E-state index in [-0.39, 0.29) is 18.7 Å². The zero-order valence-corrected chi connectivity index (χ0v) is 26.8. The number of hydrogen-bond donors (Lipinski definition) is 3. The lowest BCUT2D eigenvalue weighted by molar-refractivity contribution is -0.142. The van der Waals surface area contributed by atoms with Crippen molar-refractivity contribution in [3.05, 3.63) is 77.4 Å². The zero-order chi connectivity index (χ0) is 33.4. The van der Waals surface area contributed by atoms with Crippen LogP contribution in [0, 0.1) is 0 Å². The first-order valence-electron chi connectivity index (χ1n) is 15.7. The third-order valence-corrected chi connectivity index (χ3v) is 7.77. The SMILES string of the molecule is C=CCn1c(=O)c2cnc(Nc3ccc(N4CCN(CCOCCCOCC(=O)O)CC4)cc3)nc2n1-c1cccc(C(C)(C)O)n1. The number of hydrogen-bond acceptors (Lipinski definition) is 11. The van der Waals surface area contributed by atoms with Gasteiger partial charge in [0.05, 0.1) is 18.8 Å². The number of aliphatic carboxylic acids is 1. The number of nitrogens with one attached hydrogen (secondary N) is 1. The van der Waals surface area contributed by atoms with Crippen molar-refractivity contribution < 1.29 is 24.5 Å². The molecule has 1 fully saturated rings. The van der Waals surface area contributed by atoms with Crippen molar-refractivity contribution in [1.29, 1.82) is 0 Å². The summed E-state index contributed by atoms with van der Waals surface area (Å²) in [6, 6.07) is 13.4. The molecule has 4 heterocycles. The molecule has 0 radical (unpaired) electrons. The number of ether oxygens (including phenoxy) is 2. The van der Waals surface area contributed by atoms with Gasteiger partial charge in [-0.1, -0.05) is 12.1 Å². The van der Waals surface area contributed by atoms with Crippen LogP contribution < -0.4 is 15.8 Å². The van der Waals surface area contributed by atoms with Gasteiger partial charge in [0.15, 0.2) is 11.5 Å². The number of anilines is 3. The van der Waals surface area contributed by atoms with Crippen molar-refractivity contribution in [2.45, 2.75) is 32.4 Å². The van der Waals surface area contributed by atoms with Gasteiger partial charge < -0.3 is 29.9 Å². The minimum Gasteiger partial charge on any atom is -0.480 e. The van der Waals surface area contributed by atoms with Gasteiger partial charge in [-0.25, -0.2) is 24.1 Å². The fourth-order valence-corrected chi connectivity index (χ4v) is 5.32. The molecule has 4 aromatic rings. The fraction of sp³-hybridized carbons (Fsp3) is 0.424. The predicted octanol–water partition coefficient (Wildman–Crippen LogP) is 2.76. The topological polar surface area (TPSA) is 160 Å². The first kappa shape index (κ1) is 33.7. The van der Waals surface area contributed by atoms with Crippen LogP contribution in [0.4, 0.5) is 17.3 Å². The molecular weight excluding hydrogens is 604 g/mol. The molecule has 14 nitrogen and oxygen atoms in total. The summed E-state index contributed by atoms with van der Waals surface area (Å²) in [6.45, 7) is 13.2. The van der Waals surface area contributed by atoms with Gasteiger partial charge in [0, 0.05) is 63.5 Å². The number of pyridine rings is 1. The maximum Gasteiger partial charge on any atom is 0.329 e. The molecule has 47 heavy (non-hydrogen) atoms. The molecule has 1 aromatic carbocycles. The van der Waals surface area contributed by atoms with Gasteiger partial charge in [-0.3, -0.25) is 9.69 Å². The van der Waals surface area contributed by atoms with E-state index in [1.54, 1.807) is 42.8 Å². The molecule has 0 saturated carbocycles. The molecule has 0 amide bonds. The molecule has 1 saturated heterocycles. The normalized spacial score (nSPS) is 14.1. The van der Waals surface area contributed by atoms with E-state index in [2.05, 4.69) is 43.8 Å². The Balaban J connectivity index is 1.20. The standard InChI is InChI=1S/C33H42N8O6/c1-4-13-40-31(44)26-22-34-32(37-30(26)41(40)28-8-5-7-27(36-28)33(2,3)45)35-24-9-11-25(12-10-24)39-16-14-38(15-17-39)18-21-46-19-6-20-47-23-29(42)43/h4-5,7-12,22,45H,1,6,13-21,23H2,2-3H3,(H,42,43)(H,34,35,37). The summed E-state index contributed by atoms with van der Waals surface area (Å²) in [4.78, 5) is 42.2. The number of carbonyl (C=O) groups is 1. The minimum absolute atomic E-state index is 0.239. The minimum atomic E-state index is -1.16. The quantitative estimate of drug-likeness (QED) is 0.121. The van der Waals surface area contributed by atoms with Gasteiger partial charge in [0.2, 0.25) is 5.95 Å². The number of nitrogens with zero attached hydrogens (tertiary/aromatic N) is 7. The molecule has 5 rings (SSSR count). The van der Waals surface area contributed by atoms with E-state index in [0.717, 1.165) is 44.1 Å². The molecule has 3 N–H and O–H groups in total. The van der Waals surface area contributed by atoms with Gasteiger partial charge in [0.25, 0.3) is 5.56 Å². The van der Waals surface area contributed by atoms with Gasteiger partial charge >= 0.3 is 5.97 Å². The lowest BCUT2D eigenvalue weighted by Gasteiger charge is -2.36. The molecule has 0 atom stereocenters. The van der Waals surface area contributed by atoms with E-state index < -0.39 is 11.6 Å². The molecule has 1 aliphatic rings. The number of carboxylic acid groups (broad SMARTS) is 1. The molecule has 0 unspecified atom stereocenters. The summed E-state index contributed by atoms with van der Waals surface area (Å²) in [6.07, 6.45) is 3.82. The van der Waals surface area contributed by atoms with Crippen LogP contribution in [0.3, 0.4) is 0 Å². The van der Waals surface area contributed by atoms with Crippen molar-refractivity contribution in [3.8, 4) is 5.82 Å². The van der Waals surface area contributed by atoms with Crippen LogP contribution in [-0.2, 0) is 26.4 Å². The number of aliphatic hydroxyl groups is 1. The summed E-state index contributed by atoms with van der Waals surface area (Å²) < 4.78 is 13.8. The Kier molecular flexibility index (Phi) is 11.0.